The monoisotopic (exact) mass is 440 g/mol. The number of benzene rings is 2. The molecule has 0 aromatic heterocycles. The molecule has 0 radical (unpaired) electrons. The van der Waals surface area contributed by atoms with Gasteiger partial charge in [0.15, 0.2) is 0 Å². The Morgan fingerprint density at radius 2 is 1.92 bits per heavy atom. The quantitative estimate of drug-likeness (QED) is 0.668. The molecule has 25 heavy (non-hydrogen) atoms. The number of nitrogens with zero attached hydrogens (tertiary/aromatic N) is 1. The summed E-state index contributed by atoms with van der Waals surface area (Å²) in [6.45, 7) is 2.52. The molecule has 3 rings (SSSR count). The molecule has 2 aromatic carbocycles. The van der Waals surface area contributed by atoms with Crippen molar-refractivity contribution in [2.75, 3.05) is 18.4 Å². The first kappa shape index (κ1) is 18.7. The molecule has 0 aliphatic carbocycles. The summed E-state index contributed by atoms with van der Waals surface area (Å²) in [4.78, 5) is 14.9. The number of carbonyl (C=O) groups excluding carboxylic acids is 1. The lowest BCUT2D eigenvalue weighted by Gasteiger charge is -2.32. The standard InChI is InChI=1S/C19H19BrCl2N2O/c20-15-4-6-16(7-5-15)23-19(25)14-2-1-9-24(12-14)11-13-3-8-17(21)18(22)10-13/h3-8,10,14H,1-2,9,11-12H2,(H,23,25). The predicted octanol–water partition coefficient (Wildman–Crippen LogP) is 5.61. The van der Waals surface area contributed by atoms with Gasteiger partial charge in [-0.15, -0.1) is 0 Å². The molecule has 1 aliphatic rings. The van der Waals surface area contributed by atoms with Crippen LogP contribution in [-0.4, -0.2) is 23.9 Å². The van der Waals surface area contributed by atoms with E-state index in [2.05, 4.69) is 26.1 Å². The average molecular weight is 442 g/mol. The molecule has 132 valence electrons. The molecule has 1 heterocycles. The zero-order chi connectivity index (χ0) is 17.8. The van der Waals surface area contributed by atoms with Crippen molar-refractivity contribution in [3.63, 3.8) is 0 Å². The molecule has 1 fully saturated rings. The molecule has 1 saturated heterocycles. The van der Waals surface area contributed by atoms with Gasteiger partial charge in [-0.1, -0.05) is 45.2 Å². The lowest BCUT2D eigenvalue weighted by Crippen LogP contribution is -2.40. The highest BCUT2D eigenvalue weighted by atomic mass is 79.9. The van der Waals surface area contributed by atoms with E-state index in [9.17, 15) is 4.79 Å². The van der Waals surface area contributed by atoms with Crippen molar-refractivity contribution in [3.8, 4) is 0 Å². The first-order valence-electron chi connectivity index (χ1n) is 8.24. The smallest absolute Gasteiger partial charge is 0.228 e. The Kier molecular flexibility index (Phi) is 6.39. The molecule has 1 amide bonds. The number of carbonyl (C=O) groups is 1. The van der Waals surface area contributed by atoms with E-state index in [-0.39, 0.29) is 11.8 Å². The van der Waals surface area contributed by atoms with Gasteiger partial charge in [0.2, 0.25) is 5.91 Å². The van der Waals surface area contributed by atoms with Crippen LogP contribution in [0.1, 0.15) is 18.4 Å². The van der Waals surface area contributed by atoms with Gasteiger partial charge < -0.3 is 5.32 Å². The highest BCUT2D eigenvalue weighted by Gasteiger charge is 2.26. The molecule has 0 spiro atoms. The number of nitrogens with one attached hydrogen (secondary N) is 1. The van der Waals surface area contributed by atoms with Crippen LogP contribution < -0.4 is 5.32 Å². The molecular weight excluding hydrogens is 423 g/mol. The Labute approximate surface area is 166 Å². The maximum atomic E-state index is 12.6. The van der Waals surface area contributed by atoms with Crippen LogP contribution in [0, 0.1) is 5.92 Å². The predicted molar refractivity (Wildman–Crippen MR) is 107 cm³/mol. The van der Waals surface area contributed by atoms with Crippen molar-refractivity contribution in [2.24, 2.45) is 5.92 Å². The van der Waals surface area contributed by atoms with Gasteiger partial charge in [0.05, 0.1) is 16.0 Å². The molecule has 1 N–H and O–H groups in total. The minimum Gasteiger partial charge on any atom is -0.326 e. The number of hydrogen-bond donors (Lipinski definition) is 1. The Bertz CT molecular complexity index is 752. The molecule has 0 bridgehead atoms. The molecule has 0 saturated carbocycles. The van der Waals surface area contributed by atoms with E-state index >= 15 is 0 Å². The molecule has 6 heteroatoms. The van der Waals surface area contributed by atoms with Crippen molar-refractivity contribution in [2.45, 2.75) is 19.4 Å². The normalized spacial score (nSPS) is 18.1. The number of piperidine rings is 1. The zero-order valence-corrected chi connectivity index (χ0v) is 16.7. The number of rotatable bonds is 4. The maximum Gasteiger partial charge on any atom is 0.228 e. The van der Waals surface area contributed by atoms with Gasteiger partial charge in [-0.3, -0.25) is 9.69 Å². The van der Waals surface area contributed by atoms with Crippen molar-refractivity contribution < 1.29 is 4.79 Å². The fraction of sp³-hybridized carbons (Fsp3) is 0.316. The molecule has 1 atom stereocenters. The van der Waals surface area contributed by atoms with Crippen LogP contribution in [0.5, 0.6) is 0 Å². The molecule has 1 aliphatic heterocycles. The van der Waals surface area contributed by atoms with E-state index in [1.807, 2.05) is 42.5 Å². The van der Waals surface area contributed by atoms with Gasteiger partial charge in [-0.25, -0.2) is 0 Å². The zero-order valence-electron chi connectivity index (χ0n) is 13.6. The molecule has 2 aromatic rings. The summed E-state index contributed by atoms with van der Waals surface area (Å²) < 4.78 is 0.996. The molecule has 3 nitrogen and oxygen atoms in total. The molecule has 1 unspecified atom stereocenters. The third-order valence-corrected chi connectivity index (χ3v) is 5.65. The highest BCUT2D eigenvalue weighted by Crippen LogP contribution is 2.25. The second-order valence-electron chi connectivity index (χ2n) is 6.32. The minimum absolute atomic E-state index is 0.000156. The summed E-state index contributed by atoms with van der Waals surface area (Å²) in [5.74, 6) is 0.0846. The van der Waals surface area contributed by atoms with Gasteiger partial charge in [-0.2, -0.15) is 0 Å². The topological polar surface area (TPSA) is 32.3 Å². The Balaban J connectivity index is 1.59. The van der Waals surface area contributed by atoms with E-state index in [1.54, 1.807) is 0 Å². The Hall–Kier alpha value is -1.07. The van der Waals surface area contributed by atoms with E-state index in [4.69, 9.17) is 23.2 Å². The first-order chi connectivity index (χ1) is 12.0. The number of anilines is 1. The van der Waals surface area contributed by atoms with E-state index in [1.165, 1.54) is 0 Å². The third kappa shape index (κ3) is 5.20. The Morgan fingerprint density at radius 1 is 1.16 bits per heavy atom. The van der Waals surface area contributed by atoms with Crippen LogP contribution in [0.3, 0.4) is 0 Å². The second-order valence-corrected chi connectivity index (χ2v) is 8.05. The number of hydrogen-bond acceptors (Lipinski definition) is 2. The lowest BCUT2D eigenvalue weighted by molar-refractivity contribution is -0.121. The van der Waals surface area contributed by atoms with Gasteiger partial charge in [0.1, 0.15) is 0 Å². The lowest BCUT2D eigenvalue weighted by atomic mass is 9.96. The summed E-state index contributed by atoms with van der Waals surface area (Å²) in [5, 5.41) is 4.15. The van der Waals surface area contributed by atoms with Crippen molar-refractivity contribution in [3.05, 3.63) is 62.5 Å². The fourth-order valence-corrected chi connectivity index (χ4v) is 3.67. The molecular formula is C19H19BrCl2N2O. The van der Waals surface area contributed by atoms with Crippen molar-refractivity contribution >= 4 is 50.7 Å². The highest BCUT2D eigenvalue weighted by molar-refractivity contribution is 9.10. The van der Waals surface area contributed by atoms with Crippen molar-refractivity contribution in [1.29, 1.82) is 0 Å². The van der Waals surface area contributed by atoms with Gasteiger partial charge in [0, 0.05) is 23.2 Å². The third-order valence-electron chi connectivity index (χ3n) is 4.38. The summed E-state index contributed by atoms with van der Waals surface area (Å²) >= 11 is 15.5. The summed E-state index contributed by atoms with van der Waals surface area (Å²) in [5.41, 5.74) is 1.94. The van der Waals surface area contributed by atoms with Gasteiger partial charge >= 0.3 is 0 Å². The number of amides is 1. The fourth-order valence-electron chi connectivity index (χ4n) is 3.09. The SMILES string of the molecule is O=C(Nc1ccc(Br)cc1)C1CCCN(Cc2ccc(Cl)c(Cl)c2)C1. The van der Waals surface area contributed by atoms with E-state index in [0.29, 0.717) is 10.0 Å². The van der Waals surface area contributed by atoms with E-state index < -0.39 is 0 Å². The summed E-state index contributed by atoms with van der Waals surface area (Å²) in [6.07, 6.45) is 1.93. The van der Waals surface area contributed by atoms with Gasteiger partial charge in [-0.05, 0) is 61.3 Å². The van der Waals surface area contributed by atoms with Crippen LogP contribution >= 0.6 is 39.1 Å². The van der Waals surface area contributed by atoms with Gasteiger partial charge in [0.25, 0.3) is 0 Å². The summed E-state index contributed by atoms with van der Waals surface area (Å²) in [7, 11) is 0. The van der Waals surface area contributed by atoms with E-state index in [0.717, 1.165) is 48.2 Å². The second kappa shape index (κ2) is 8.54. The van der Waals surface area contributed by atoms with Crippen molar-refractivity contribution in [1.82, 2.24) is 4.90 Å². The minimum atomic E-state index is 0.000156. The number of halogens is 3. The van der Waals surface area contributed by atoms with Crippen LogP contribution in [0.4, 0.5) is 5.69 Å². The maximum absolute atomic E-state index is 12.6. The average Bonchev–Trinajstić information content (AvgIpc) is 2.60. The first-order valence-corrected chi connectivity index (χ1v) is 9.79. The van der Waals surface area contributed by atoms with Crippen LogP contribution in [0.15, 0.2) is 46.9 Å². The Morgan fingerprint density at radius 3 is 2.64 bits per heavy atom. The number of likely N-dealkylation sites (tertiary alicyclic amines) is 1. The van der Waals surface area contributed by atoms with Crippen LogP contribution in [0.2, 0.25) is 10.0 Å². The van der Waals surface area contributed by atoms with Crippen LogP contribution in [0.25, 0.3) is 0 Å². The summed E-state index contributed by atoms with van der Waals surface area (Å²) in [6, 6.07) is 13.4. The van der Waals surface area contributed by atoms with Crippen LogP contribution in [-0.2, 0) is 11.3 Å². The largest absolute Gasteiger partial charge is 0.326 e.